The minimum Gasteiger partial charge on any atom is -0.353 e. The first-order valence-corrected chi connectivity index (χ1v) is 8.72. The Bertz CT molecular complexity index is 423. The summed E-state index contributed by atoms with van der Waals surface area (Å²) in [6.45, 7) is 4.14. The molecule has 0 bridgehead atoms. The molecule has 0 aromatic heterocycles. The molecule has 1 fully saturated rings. The molecule has 0 aliphatic carbocycles. The molecule has 1 heterocycles. The van der Waals surface area contributed by atoms with Gasteiger partial charge in [-0.2, -0.15) is 0 Å². The van der Waals surface area contributed by atoms with Crippen LogP contribution >= 0.6 is 0 Å². The predicted molar refractivity (Wildman–Crippen MR) is 73.7 cm³/mol. The highest BCUT2D eigenvalue weighted by Crippen LogP contribution is 2.27. The summed E-state index contributed by atoms with van der Waals surface area (Å²) in [7, 11) is -3.08. The molecule has 98 valence electrons. The Balaban J connectivity index is 2.29. The molecule has 2 nitrogen and oxygen atoms in total. The van der Waals surface area contributed by atoms with E-state index in [1.165, 1.54) is 0 Å². The van der Waals surface area contributed by atoms with Gasteiger partial charge >= 0.3 is 0 Å². The minimum atomic E-state index is -3.08. The molecule has 18 heavy (non-hydrogen) atoms. The first-order valence-electron chi connectivity index (χ1n) is 6.56. The second-order valence-electron chi connectivity index (χ2n) is 5.48. The van der Waals surface area contributed by atoms with Crippen molar-refractivity contribution in [2.45, 2.75) is 38.4 Å². The summed E-state index contributed by atoms with van der Waals surface area (Å²) >= 11 is 0. The van der Waals surface area contributed by atoms with E-state index in [-0.39, 0.29) is 11.6 Å². The number of nitrogens with one attached hydrogen (secondary N) is 1. The van der Waals surface area contributed by atoms with E-state index in [2.05, 4.69) is 19.2 Å². The van der Waals surface area contributed by atoms with Gasteiger partial charge in [0.1, 0.15) is 0 Å². The van der Waals surface area contributed by atoms with Crippen LogP contribution in [0.4, 0.5) is 4.11 Å². The third kappa shape index (κ3) is 2.63. The maximum atomic E-state index is 15.4. The van der Waals surface area contributed by atoms with Crippen molar-refractivity contribution in [3.8, 4) is 0 Å². The van der Waals surface area contributed by atoms with Crippen molar-refractivity contribution in [1.82, 2.24) is 5.32 Å². The first kappa shape index (κ1) is 13.3. The molecule has 1 aliphatic heterocycles. The zero-order valence-electron chi connectivity index (χ0n) is 10.9. The monoisotopic (exact) mass is 265 g/mol. The highest BCUT2D eigenvalue weighted by molar-refractivity contribution is 6.88. The maximum Gasteiger partial charge on any atom is 0.299 e. The van der Waals surface area contributed by atoms with E-state index in [1.54, 1.807) is 0 Å². The second-order valence-corrected chi connectivity index (χ2v) is 8.98. The van der Waals surface area contributed by atoms with E-state index in [0.717, 1.165) is 11.6 Å². The Morgan fingerprint density at radius 3 is 2.67 bits per heavy atom. The van der Waals surface area contributed by atoms with Crippen molar-refractivity contribution < 1.29 is 8.90 Å². The normalized spacial score (nSPS) is 28.2. The Labute approximate surface area is 109 Å². The number of hydrogen-bond donors (Lipinski definition) is 1. The van der Waals surface area contributed by atoms with Crippen LogP contribution in [0.2, 0.25) is 6.04 Å². The number of amides is 1. The van der Waals surface area contributed by atoms with Crippen LogP contribution in [0.15, 0.2) is 30.3 Å². The number of hydrogen-bond acceptors (Lipinski definition) is 1. The number of rotatable bonds is 3. The van der Waals surface area contributed by atoms with Crippen LogP contribution < -0.4 is 10.5 Å². The van der Waals surface area contributed by atoms with Crippen LogP contribution in [-0.4, -0.2) is 20.0 Å². The van der Waals surface area contributed by atoms with Crippen molar-refractivity contribution in [2.75, 3.05) is 0 Å². The fourth-order valence-electron chi connectivity index (χ4n) is 2.63. The lowest BCUT2D eigenvalue weighted by Gasteiger charge is -2.37. The maximum absolute atomic E-state index is 15.4. The summed E-state index contributed by atoms with van der Waals surface area (Å²) in [6.07, 6.45) is 1.05. The third-order valence-electron chi connectivity index (χ3n) is 3.56. The van der Waals surface area contributed by atoms with E-state index in [4.69, 9.17) is 0 Å². The fourth-order valence-corrected chi connectivity index (χ4v) is 6.24. The van der Waals surface area contributed by atoms with Crippen LogP contribution in [0.3, 0.4) is 0 Å². The molecule has 1 aliphatic rings. The lowest BCUT2D eigenvalue weighted by atomic mass is 10.1. The molecule has 4 heteroatoms. The minimum absolute atomic E-state index is 0.00245. The van der Waals surface area contributed by atoms with Crippen LogP contribution in [-0.2, 0) is 4.79 Å². The van der Waals surface area contributed by atoms with Gasteiger partial charge in [-0.05, 0) is 23.6 Å². The SMILES string of the molecule is CC(C)C[C@@H]1NC(=O)CC[Si]1(F)c1ccccc1. The first-order chi connectivity index (χ1) is 8.52. The van der Waals surface area contributed by atoms with E-state index in [0.29, 0.717) is 18.4 Å². The van der Waals surface area contributed by atoms with Crippen molar-refractivity contribution in [2.24, 2.45) is 5.92 Å². The average molecular weight is 265 g/mol. The van der Waals surface area contributed by atoms with Gasteiger partial charge in [-0.15, -0.1) is 0 Å². The summed E-state index contributed by atoms with van der Waals surface area (Å²) in [6, 6.07) is 9.83. The molecule has 2 rings (SSSR count). The second kappa shape index (κ2) is 5.22. The van der Waals surface area contributed by atoms with Crippen LogP contribution in [0.5, 0.6) is 0 Å². The van der Waals surface area contributed by atoms with E-state index in [9.17, 15) is 4.79 Å². The molecule has 1 aromatic carbocycles. The van der Waals surface area contributed by atoms with Gasteiger partial charge in [-0.1, -0.05) is 44.2 Å². The van der Waals surface area contributed by atoms with Crippen LogP contribution in [0.1, 0.15) is 26.7 Å². The molecule has 1 N–H and O–H groups in total. The summed E-state index contributed by atoms with van der Waals surface area (Å²) in [5.41, 5.74) is -0.277. The lowest BCUT2D eigenvalue weighted by molar-refractivity contribution is -0.121. The van der Waals surface area contributed by atoms with Crippen molar-refractivity contribution in [3.05, 3.63) is 30.3 Å². The molecular weight excluding hydrogens is 245 g/mol. The molecular formula is C14H20FNOSi. The summed E-state index contributed by atoms with van der Waals surface area (Å²) in [5.74, 6) is 0.386. The van der Waals surface area contributed by atoms with Gasteiger partial charge in [-0.25, -0.2) is 0 Å². The predicted octanol–water partition coefficient (Wildman–Crippen LogP) is 2.28. The highest BCUT2D eigenvalue weighted by atomic mass is 28.4. The quantitative estimate of drug-likeness (QED) is 0.659. The van der Waals surface area contributed by atoms with Gasteiger partial charge < -0.3 is 9.42 Å². The fraction of sp³-hybridized carbons (Fsp3) is 0.500. The highest BCUT2D eigenvalue weighted by Gasteiger charge is 2.48. The Hall–Kier alpha value is -1.16. The van der Waals surface area contributed by atoms with E-state index >= 15 is 4.11 Å². The molecule has 1 saturated heterocycles. The van der Waals surface area contributed by atoms with Crippen molar-refractivity contribution in [1.29, 1.82) is 0 Å². The molecule has 1 unspecified atom stereocenters. The number of halogens is 1. The third-order valence-corrected chi connectivity index (χ3v) is 7.32. The van der Waals surface area contributed by atoms with E-state index < -0.39 is 8.41 Å². The largest absolute Gasteiger partial charge is 0.353 e. The standard InChI is InChI=1S/C14H20FNOSi/c1-11(2)10-14-16-13(17)8-9-18(14,15)12-6-4-3-5-7-12/h3-7,11,14H,8-10H2,1-2H3,(H,16,17)/t14-,18?/m1/s1. The summed E-state index contributed by atoms with van der Waals surface area (Å²) in [4.78, 5) is 11.5. The van der Waals surface area contributed by atoms with Gasteiger partial charge in [0.25, 0.3) is 8.41 Å². The number of carbonyl (C=O) groups excluding carboxylic acids is 1. The van der Waals surface area contributed by atoms with Crippen molar-refractivity contribution >= 4 is 19.5 Å². The molecule has 0 radical (unpaired) electrons. The van der Waals surface area contributed by atoms with Gasteiger partial charge in [-0.3, -0.25) is 4.79 Å². The van der Waals surface area contributed by atoms with Crippen LogP contribution in [0, 0.1) is 5.92 Å². The molecule has 0 saturated carbocycles. The van der Waals surface area contributed by atoms with E-state index in [1.807, 2.05) is 30.3 Å². The summed E-state index contributed by atoms with van der Waals surface area (Å²) < 4.78 is 15.4. The Morgan fingerprint density at radius 2 is 2.06 bits per heavy atom. The molecule has 1 aromatic rings. The molecule has 1 amide bonds. The Kier molecular flexibility index (Phi) is 3.85. The van der Waals surface area contributed by atoms with Crippen molar-refractivity contribution in [3.63, 3.8) is 0 Å². The topological polar surface area (TPSA) is 29.1 Å². The average Bonchev–Trinajstić information content (AvgIpc) is 2.34. The van der Waals surface area contributed by atoms with Gasteiger partial charge in [0.15, 0.2) is 0 Å². The zero-order valence-corrected chi connectivity index (χ0v) is 11.9. The molecule has 2 atom stereocenters. The van der Waals surface area contributed by atoms with Gasteiger partial charge in [0.05, 0.1) is 5.67 Å². The van der Waals surface area contributed by atoms with Gasteiger partial charge in [0, 0.05) is 6.42 Å². The zero-order chi connectivity index (χ0) is 13.2. The smallest absolute Gasteiger partial charge is 0.299 e. The lowest BCUT2D eigenvalue weighted by Crippen LogP contribution is -2.64. The summed E-state index contributed by atoms with van der Waals surface area (Å²) in [5, 5.41) is 3.70. The number of carbonyl (C=O) groups is 1. The van der Waals surface area contributed by atoms with Crippen LogP contribution in [0.25, 0.3) is 0 Å². The Morgan fingerprint density at radius 1 is 1.39 bits per heavy atom. The van der Waals surface area contributed by atoms with Gasteiger partial charge in [0.2, 0.25) is 5.91 Å². The number of benzene rings is 1. The molecule has 0 spiro atoms.